The average Bonchev–Trinajstić information content (AvgIpc) is 3.21. The van der Waals surface area contributed by atoms with E-state index in [1.807, 2.05) is 18.2 Å². The number of furan rings is 2. The fraction of sp³-hybridized carbons (Fsp3) is 0.263. The molecule has 0 radical (unpaired) electrons. The van der Waals surface area contributed by atoms with Crippen molar-refractivity contribution >= 4 is 0 Å². The molecule has 2 N–H and O–H groups in total. The Morgan fingerprint density at radius 3 is 2.41 bits per heavy atom. The fourth-order valence-electron chi connectivity index (χ4n) is 2.72. The second-order valence-corrected chi connectivity index (χ2v) is 5.63. The Hall–Kier alpha value is -2.26. The van der Waals surface area contributed by atoms with Crippen molar-refractivity contribution in [1.82, 2.24) is 0 Å². The van der Waals surface area contributed by atoms with Crippen molar-refractivity contribution in [3.05, 3.63) is 83.7 Å². The van der Waals surface area contributed by atoms with Gasteiger partial charge >= 0.3 is 0 Å². The van der Waals surface area contributed by atoms with Crippen molar-refractivity contribution in [3.8, 4) is 0 Å². The van der Waals surface area contributed by atoms with Gasteiger partial charge in [-0.15, -0.1) is 0 Å². The summed E-state index contributed by atoms with van der Waals surface area (Å²) in [6, 6.07) is 16.7. The SMILES string of the molecule is Cc1ccc([C@@H](CC[NH2+]Cc2ccco2)c2ccco2)cc1. The van der Waals surface area contributed by atoms with Crippen LogP contribution in [0, 0.1) is 6.92 Å². The maximum Gasteiger partial charge on any atom is 0.157 e. The van der Waals surface area contributed by atoms with Crippen molar-refractivity contribution < 1.29 is 14.2 Å². The normalized spacial score (nSPS) is 12.4. The van der Waals surface area contributed by atoms with E-state index in [9.17, 15) is 0 Å². The zero-order valence-electron chi connectivity index (χ0n) is 12.9. The smallest absolute Gasteiger partial charge is 0.157 e. The summed E-state index contributed by atoms with van der Waals surface area (Å²) >= 11 is 0. The molecule has 0 spiro atoms. The molecule has 1 aromatic carbocycles. The third-order valence-electron chi connectivity index (χ3n) is 3.95. The molecule has 22 heavy (non-hydrogen) atoms. The fourth-order valence-corrected chi connectivity index (χ4v) is 2.72. The highest BCUT2D eigenvalue weighted by Gasteiger charge is 2.17. The standard InChI is InChI=1S/C19H21NO2/c1-15-6-8-16(9-7-15)18(19-5-3-13-22-19)10-11-20-14-17-4-2-12-21-17/h2-9,12-13,18,20H,10-11,14H2,1H3/p+1/t18-/m1/s1. The molecular weight excluding hydrogens is 274 g/mol. The van der Waals surface area contributed by atoms with Crippen LogP contribution in [0.4, 0.5) is 0 Å². The Morgan fingerprint density at radius 1 is 0.955 bits per heavy atom. The van der Waals surface area contributed by atoms with E-state index in [2.05, 4.69) is 42.6 Å². The van der Waals surface area contributed by atoms with Gasteiger partial charge in [0.05, 0.1) is 19.1 Å². The first-order chi connectivity index (χ1) is 10.8. The minimum absolute atomic E-state index is 0.309. The lowest BCUT2D eigenvalue weighted by Gasteiger charge is -2.14. The molecule has 0 aliphatic heterocycles. The molecule has 2 heterocycles. The van der Waals surface area contributed by atoms with Gasteiger partial charge in [-0.25, -0.2) is 0 Å². The van der Waals surface area contributed by atoms with Gasteiger partial charge in [-0.2, -0.15) is 0 Å². The summed E-state index contributed by atoms with van der Waals surface area (Å²) in [6.45, 7) is 4.02. The maximum absolute atomic E-state index is 5.65. The van der Waals surface area contributed by atoms with Gasteiger partial charge in [-0.1, -0.05) is 29.8 Å². The second-order valence-electron chi connectivity index (χ2n) is 5.63. The summed E-state index contributed by atoms with van der Waals surface area (Å²) in [5.74, 6) is 2.36. The van der Waals surface area contributed by atoms with Crippen LogP contribution in [0.2, 0.25) is 0 Å². The largest absolute Gasteiger partial charge is 0.469 e. The Bertz CT molecular complexity index is 654. The van der Waals surface area contributed by atoms with Gasteiger partial charge in [0.25, 0.3) is 0 Å². The average molecular weight is 296 g/mol. The molecule has 2 aromatic heterocycles. The lowest BCUT2D eigenvalue weighted by molar-refractivity contribution is -0.672. The summed E-state index contributed by atoms with van der Waals surface area (Å²) in [5.41, 5.74) is 2.60. The van der Waals surface area contributed by atoms with E-state index in [0.717, 1.165) is 31.0 Å². The third kappa shape index (κ3) is 3.68. The zero-order valence-corrected chi connectivity index (χ0v) is 12.9. The molecule has 0 amide bonds. The van der Waals surface area contributed by atoms with Gasteiger partial charge < -0.3 is 14.2 Å². The first kappa shape index (κ1) is 14.7. The molecule has 0 bridgehead atoms. The molecule has 0 unspecified atom stereocenters. The third-order valence-corrected chi connectivity index (χ3v) is 3.95. The first-order valence-electron chi connectivity index (χ1n) is 7.77. The molecule has 3 nitrogen and oxygen atoms in total. The monoisotopic (exact) mass is 296 g/mol. The molecule has 3 aromatic rings. The molecule has 3 rings (SSSR count). The minimum atomic E-state index is 0.309. The number of hydrogen-bond acceptors (Lipinski definition) is 2. The van der Waals surface area contributed by atoms with Crippen LogP contribution in [0.15, 0.2) is 69.9 Å². The summed E-state index contributed by atoms with van der Waals surface area (Å²) in [5, 5.41) is 2.28. The number of nitrogens with two attached hydrogens (primary N) is 1. The van der Waals surface area contributed by atoms with Crippen LogP contribution in [0.1, 0.15) is 35.0 Å². The van der Waals surface area contributed by atoms with E-state index in [4.69, 9.17) is 8.83 Å². The zero-order chi connectivity index (χ0) is 15.2. The Labute approximate surface area is 131 Å². The second kappa shape index (κ2) is 7.14. The highest BCUT2D eigenvalue weighted by atomic mass is 16.3. The molecule has 1 atom stereocenters. The van der Waals surface area contributed by atoms with Gasteiger partial charge in [-0.3, -0.25) is 0 Å². The minimum Gasteiger partial charge on any atom is -0.469 e. The summed E-state index contributed by atoms with van der Waals surface area (Å²) in [6.07, 6.45) is 4.52. The number of hydrogen-bond donors (Lipinski definition) is 1. The number of aryl methyl sites for hydroxylation is 1. The van der Waals surface area contributed by atoms with Crippen LogP contribution in [0.25, 0.3) is 0 Å². The number of rotatable bonds is 7. The molecule has 114 valence electrons. The van der Waals surface area contributed by atoms with Gasteiger partial charge in [0, 0.05) is 12.3 Å². The van der Waals surface area contributed by atoms with Crippen molar-refractivity contribution in [2.75, 3.05) is 6.54 Å². The van der Waals surface area contributed by atoms with Crippen LogP contribution in [-0.2, 0) is 6.54 Å². The van der Waals surface area contributed by atoms with Gasteiger partial charge in [0.1, 0.15) is 12.3 Å². The maximum atomic E-state index is 5.65. The van der Waals surface area contributed by atoms with Gasteiger partial charge in [-0.05, 0) is 36.8 Å². The molecule has 0 aliphatic rings. The summed E-state index contributed by atoms with van der Waals surface area (Å²) < 4.78 is 11.0. The Kier molecular flexibility index (Phi) is 4.76. The topological polar surface area (TPSA) is 42.9 Å². The highest BCUT2D eigenvalue weighted by Crippen LogP contribution is 2.27. The molecular formula is C19H22NO2+. The Morgan fingerprint density at radius 2 is 1.73 bits per heavy atom. The molecule has 0 fully saturated rings. The van der Waals surface area contributed by atoms with E-state index in [1.54, 1.807) is 12.5 Å². The van der Waals surface area contributed by atoms with Crippen LogP contribution in [-0.4, -0.2) is 6.54 Å². The molecule has 0 aliphatic carbocycles. The highest BCUT2D eigenvalue weighted by molar-refractivity contribution is 5.29. The quantitative estimate of drug-likeness (QED) is 0.678. The molecule has 0 saturated carbocycles. The van der Waals surface area contributed by atoms with Gasteiger partial charge in [0.2, 0.25) is 0 Å². The molecule has 3 heteroatoms. The van der Waals surface area contributed by atoms with Crippen LogP contribution in [0.5, 0.6) is 0 Å². The van der Waals surface area contributed by atoms with Crippen LogP contribution < -0.4 is 5.32 Å². The van der Waals surface area contributed by atoms with Crippen LogP contribution >= 0.6 is 0 Å². The molecule has 0 saturated heterocycles. The Balaban J connectivity index is 1.63. The first-order valence-corrected chi connectivity index (χ1v) is 7.77. The summed E-state index contributed by atoms with van der Waals surface area (Å²) in [7, 11) is 0. The van der Waals surface area contributed by atoms with E-state index in [0.29, 0.717) is 5.92 Å². The van der Waals surface area contributed by atoms with Crippen molar-refractivity contribution in [2.45, 2.75) is 25.8 Å². The lowest BCUT2D eigenvalue weighted by Crippen LogP contribution is -2.82. The number of benzene rings is 1. The van der Waals surface area contributed by atoms with Crippen molar-refractivity contribution in [3.63, 3.8) is 0 Å². The number of quaternary nitrogens is 1. The van der Waals surface area contributed by atoms with E-state index >= 15 is 0 Å². The lowest BCUT2D eigenvalue weighted by atomic mass is 9.92. The van der Waals surface area contributed by atoms with Crippen molar-refractivity contribution in [1.29, 1.82) is 0 Å². The predicted molar refractivity (Wildman–Crippen MR) is 85.6 cm³/mol. The summed E-state index contributed by atoms with van der Waals surface area (Å²) in [4.78, 5) is 0. The van der Waals surface area contributed by atoms with E-state index < -0.39 is 0 Å². The van der Waals surface area contributed by atoms with Crippen LogP contribution in [0.3, 0.4) is 0 Å². The van der Waals surface area contributed by atoms with E-state index in [-0.39, 0.29) is 0 Å². The van der Waals surface area contributed by atoms with Gasteiger partial charge in [0.15, 0.2) is 5.76 Å². The van der Waals surface area contributed by atoms with Crippen molar-refractivity contribution in [2.24, 2.45) is 0 Å². The predicted octanol–water partition coefficient (Wildman–Crippen LogP) is 3.47. The van der Waals surface area contributed by atoms with E-state index in [1.165, 1.54) is 11.1 Å².